The second kappa shape index (κ2) is 16.8. The van der Waals surface area contributed by atoms with Crippen LogP contribution in [-0.2, 0) is 0 Å². The van der Waals surface area contributed by atoms with Crippen molar-refractivity contribution in [2.75, 3.05) is 18.4 Å². The predicted octanol–water partition coefficient (Wildman–Crippen LogP) is 5.05. The molecule has 0 radical (unpaired) electrons. The molecule has 8 nitrogen and oxygen atoms in total. The van der Waals surface area contributed by atoms with Gasteiger partial charge in [0.2, 0.25) is 0 Å². The summed E-state index contributed by atoms with van der Waals surface area (Å²) in [7, 11) is 0. The molecule has 0 aliphatic carbocycles. The van der Waals surface area contributed by atoms with Crippen LogP contribution in [0.1, 0.15) is 39.9 Å². The first kappa shape index (κ1) is 27.7. The standard InChI is InChI=1S/C17H22N4.C13H11N3O/c1-15-6-4-8-17(12-15)19-10-2-3-11-20-21-14-16-7-5-9-18-13-16;17-13(12-6-8-14-9-7-12)16-15-10-11-4-2-1-3-5-11/h4-9,12-14,19-20H,2-3,10-11H2,1H3;1-10H,(H,16,17)/b21-14+;15-10+. The van der Waals surface area contributed by atoms with E-state index in [-0.39, 0.29) is 5.91 Å². The molecule has 0 bridgehead atoms. The predicted molar refractivity (Wildman–Crippen MR) is 154 cm³/mol. The summed E-state index contributed by atoms with van der Waals surface area (Å²) >= 11 is 0. The molecule has 0 spiro atoms. The number of pyridine rings is 2. The van der Waals surface area contributed by atoms with Crippen LogP contribution in [0.4, 0.5) is 5.69 Å². The Morgan fingerprint density at radius 2 is 1.55 bits per heavy atom. The number of benzene rings is 2. The lowest BCUT2D eigenvalue weighted by Crippen LogP contribution is -2.17. The number of nitrogens with zero attached hydrogens (tertiary/aromatic N) is 4. The molecule has 0 saturated heterocycles. The van der Waals surface area contributed by atoms with E-state index in [1.54, 1.807) is 49.3 Å². The summed E-state index contributed by atoms with van der Waals surface area (Å²) in [6.07, 6.45) is 12.3. The van der Waals surface area contributed by atoms with Crippen molar-refractivity contribution in [2.45, 2.75) is 19.8 Å². The Kier molecular flexibility index (Phi) is 12.2. The number of aromatic nitrogens is 2. The van der Waals surface area contributed by atoms with Crippen LogP contribution in [0.5, 0.6) is 0 Å². The molecule has 194 valence electrons. The van der Waals surface area contributed by atoms with E-state index in [0.29, 0.717) is 5.56 Å². The van der Waals surface area contributed by atoms with Crippen LogP contribution in [0, 0.1) is 6.92 Å². The second-order valence-corrected chi connectivity index (χ2v) is 8.30. The third-order valence-electron chi connectivity index (χ3n) is 5.17. The number of hydrogen-bond acceptors (Lipinski definition) is 7. The maximum atomic E-state index is 11.6. The number of hydrogen-bond donors (Lipinski definition) is 3. The van der Waals surface area contributed by atoms with E-state index in [1.165, 1.54) is 11.3 Å². The van der Waals surface area contributed by atoms with Crippen molar-refractivity contribution in [2.24, 2.45) is 10.2 Å². The molecule has 4 aromatic rings. The molecule has 0 saturated carbocycles. The number of carbonyl (C=O) groups excluding carboxylic acids is 1. The molecule has 3 N–H and O–H groups in total. The van der Waals surface area contributed by atoms with Crippen molar-refractivity contribution in [3.8, 4) is 0 Å². The van der Waals surface area contributed by atoms with Crippen LogP contribution >= 0.6 is 0 Å². The fourth-order valence-electron chi connectivity index (χ4n) is 3.23. The fraction of sp³-hybridized carbons (Fsp3) is 0.167. The Hall–Kier alpha value is -4.85. The molecule has 0 aliphatic heterocycles. The average molecular weight is 508 g/mol. The highest BCUT2D eigenvalue weighted by molar-refractivity contribution is 5.94. The number of carbonyl (C=O) groups is 1. The van der Waals surface area contributed by atoms with E-state index in [4.69, 9.17) is 0 Å². The molecular formula is C30H33N7O. The van der Waals surface area contributed by atoms with Crippen molar-refractivity contribution in [3.63, 3.8) is 0 Å². The number of anilines is 1. The second-order valence-electron chi connectivity index (χ2n) is 8.30. The first-order chi connectivity index (χ1) is 18.7. The normalized spacial score (nSPS) is 10.6. The van der Waals surface area contributed by atoms with E-state index in [1.807, 2.05) is 42.5 Å². The van der Waals surface area contributed by atoms with Gasteiger partial charge in [0.05, 0.1) is 12.4 Å². The van der Waals surface area contributed by atoms with Gasteiger partial charge in [-0.3, -0.25) is 14.8 Å². The number of unbranched alkanes of at least 4 members (excludes halogenated alkanes) is 1. The number of hydrazone groups is 2. The Morgan fingerprint density at radius 3 is 2.32 bits per heavy atom. The van der Waals surface area contributed by atoms with E-state index < -0.39 is 0 Å². The van der Waals surface area contributed by atoms with Crippen LogP contribution < -0.4 is 16.2 Å². The molecule has 8 heteroatoms. The molecule has 4 rings (SSSR count). The number of aryl methyl sites for hydroxylation is 1. The minimum Gasteiger partial charge on any atom is -0.385 e. The number of amides is 1. The highest BCUT2D eigenvalue weighted by atomic mass is 16.2. The maximum absolute atomic E-state index is 11.6. The summed E-state index contributed by atoms with van der Waals surface area (Å²) in [4.78, 5) is 19.5. The molecule has 0 fully saturated rings. The molecule has 38 heavy (non-hydrogen) atoms. The van der Waals surface area contributed by atoms with Gasteiger partial charge in [0.15, 0.2) is 0 Å². The van der Waals surface area contributed by atoms with Gasteiger partial charge in [-0.2, -0.15) is 10.2 Å². The minimum atomic E-state index is -0.250. The van der Waals surface area contributed by atoms with Crippen molar-refractivity contribution < 1.29 is 4.79 Å². The molecule has 2 aromatic heterocycles. The SMILES string of the molecule is Cc1cccc(NCCCCN/N=C/c2cccnc2)c1.O=C(N/N=C/c1ccccc1)c1ccncc1. The zero-order chi connectivity index (χ0) is 26.7. The summed E-state index contributed by atoms with van der Waals surface area (Å²) < 4.78 is 0. The summed E-state index contributed by atoms with van der Waals surface area (Å²) in [5, 5.41) is 11.5. The molecule has 0 aliphatic rings. The van der Waals surface area contributed by atoms with Crippen molar-refractivity contribution in [3.05, 3.63) is 126 Å². The lowest BCUT2D eigenvalue weighted by Gasteiger charge is -2.06. The van der Waals surface area contributed by atoms with Crippen LogP contribution in [0.2, 0.25) is 0 Å². The van der Waals surface area contributed by atoms with Gasteiger partial charge in [0.25, 0.3) is 5.91 Å². The monoisotopic (exact) mass is 507 g/mol. The topological polar surface area (TPSA) is 104 Å². The fourth-order valence-corrected chi connectivity index (χ4v) is 3.23. The zero-order valence-corrected chi connectivity index (χ0v) is 21.5. The molecule has 1 amide bonds. The summed E-state index contributed by atoms with van der Waals surface area (Å²) in [5.74, 6) is -0.250. The van der Waals surface area contributed by atoms with E-state index >= 15 is 0 Å². The first-order valence-corrected chi connectivity index (χ1v) is 12.5. The lowest BCUT2D eigenvalue weighted by atomic mass is 10.2. The average Bonchev–Trinajstić information content (AvgIpc) is 2.96. The van der Waals surface area contributed by atoms with Crippen molar-refractivity contribution in [1.29, 1.82) is 0 Å². The lowest BCUT2D eigenvalue weighted by molar-refractivity contribution is 0.0955. The maximum Gasteiger partial charge on any atom is 0.271 e. The third kappa shape index (κ3) is 11.3. The molecule has 0 atom stereocenters. The van der Waals surface area contributed by atoms with Crippen LogP contribution in [0.25, 0.3) is 0 Å². The Balaban J connectivity index is 0.000000215. The van der Waals surface area contributed by atoms with Gasteiger partial charge in [-0.1, -0.05) is 48.5 Å². The van der Waals surface area contributed by atoms with Crippen LogP contribution in [-0.4, -0.2) is 41.4 Å². The van der Waals surface area contributed by atoms with E-state index in [2.05, 4.69) is 67.5 Å². The van der Waals surface area contributed by atoms with Gasteiger partial charge in [-0.25, -0.2) is 5.43 Å². The zero-order valence-electron chi connectivity index (χ0n) is 21.5. The molecular weight excluding hydrogens is 474 g/mol. The summed E-state index contributed by atoms with van der Waals surface area (Å²) in [6, 6.07) is 25.1. The summed E-state index contributed by atoms with van der Waals surface area (Å²) in [5.41, 5.74) is 10.5. The minimum absolute atomic E-state index is 0.250. The highest BCUT2D eigenvalue weighted by Gasteiger charge is 2.01. The Labute approximate surface area is 224 Å². The highest BCUT2D eigenvalue weighted by Crippen LogP contribution is 2.09. The number of nitrogens with one attached hydrogen (secondary N) is 3. The van der Waals surface area contributed by atoms with Crippen LogP contribution in [0.15, 0.2) is 114 Å². The Morgan fingerprint density at radius 1 is 0.789 bits per heavy atom. The summed E-state index contributed by atoms with van der Waals surface area (Å²) in [6.45, 7) is 3.97. The van der Waals surface area contributed by atoms with Crippen molar-refractivity contribution >= 4 is 24.0 Å². The van der Waals surface area contributed by atoms with Gasteiger partial charge in [-0.15, -0.1) is 0 Å². The van der Waals surface area contributed by atoms with Crippen LogP contribution in [0.3, 0.4) is 0 Å². The van der Waals surface area contributed by atoms with E-state index in [0.717, 1.165) is 37.1 Å². The van der Waals surface area contributed by atoms with Gasteiger partial charge >= 0.3 is 0 Å². The quantitative estimate of drug-likeness (QED) is 0.150. The molecule has 2 aromatic carbocycles. The first-order valence-electron chi connectivity index (χ1n) is 12.5. The number of rotatable bonds is 11. The molecule has 0 unspecified atom stereocenters. The third-order valence-corrected chi connectivity index (χ3v) is 5.17. The van der Waals surface area contributed by atoms with Crippen molar-refractivity contribution in [1.82, 2.24) is 20.8 Å². The smallest absolute Gasteiger partial charge is 0.271 e. The van der Waals surface area contributed by atoms with Gasteiger partial charge in [0.1, 0.15) is 0 Å². The van der Waals surface area contributed by atoms with Gasteiger partial charge in [-0.05, 0) is 61.2 Å². The largest absolute Gasteiger partial charge is 0.385 e. The molecule has 2 heterocycles. The Bertz CT molecular complexity index is 1260. The van der Waals surface area contributed by atoms with Gasteiger partial charge < -0.3 is 10.7 Å². The van der Waals surface area contributed by atoms with E-state index in [9.17, 15) is 4.79 Å². The van der Waals surface area contributed by atoms with Gasteiger partial charge in [0, 0.05) is 54.7 Å².